The molecule has 4 aromatic rings. The molecule has 0 radical (unpaired) electrons. The van der Waals surface area contributed by atoms with E-state index in [0.717, 1.165) is 30.5 Å². The molecular weight excluding hydrogens is 498 g/mol. The lowest BCUT2D eigenvalue weighted by Gasteiger charge is -2.20. The van der Waals surface area contributed by atoms with E-state index >= 15 is 0 Å². The van der Waals surface area contributed by atoms with Crippen LogP contribution in [-0.2, 0) is 6.42 Å². The summed E-state index contributed by atoms with van der Waals surface area (Å²) in [5.74, 6) is 1.07. The van der Waals surface area contributed by atoms with E-state index in [1.807, 2.05) is 54.6 Å². The summed E-state index contributed by atoms with van der Waals surface area (Å²) >= 11 is 0. The zero-order valence-electron chi connectivity index (χ0n) is 23.4. The minimum Gasteiger partial charge on any atom is -0.384 e. The maximum Gasteiger partial charge on any atom is 0.120 e. The van der Waals surface area contributed by atoms with E-state index in [0.29, 0.717) is 11.8 Å². The average molecular weight is 536 g/mol. The maximum absolute atomic E-state index is 6.12. The molecule has 1 fully saturated rings. The van der Waals surface area contributed by atoms with Crippen molar-refractivity contribution in [1.82, 2.24) is 5.32 Å². The Balaban J connectivity index is 0.000000234. The van der Waals surface area contributed by atoms with E-state index in [2.05, 4.69) is 109 Å². The lowest BCUT2D eigenvalue weighted by molar-refractivity contribution is 0.513. The number of benzene rings is 4. The number of dihydropyridines is 1. The summed E-state index contributed by atoms with van der Waals surface area (Å²) in [5.41, 5.74) is 13.3. The molecule has 0 saturated heterocycles. The predicted molar refractivity (Wildman–Crippen MR) is 174 cm³/mol. The van der Waals surface area contributed by atoms with Crippen molar-refractivity contribution in [2.24, 2.45) is 16.6 Å². The Morgan fingerprint density at radius 3 is 1.98 bits per heavy atom. The van der Waals surface area contributed by atoms with Crippen LogP contribution in [0.25, 0.3) is 16.7 Å². The number of amidine groups is 1. The molecule has 0 amide bonds. The van der Waals surface area contributed by atoms with Crippen LogP contribution in [-0.4, -0.2) is 18.0 Å². The van der Waals surface area contributed by atoms with Crippen molar-refractivity contribution in [3.8, 4) is 11.1 Å². The van der Waals surface area contributed by atoms with Crippen LogP contribution >= 0.6 is 0 Å². The molecule has 1 heterocycles. The van der Waals surface area contributed by atoms with Gasteiger partial charge in [0.2, 0.25) is 0 Å². The monoisotopic (exact) mass is 535 g/mol. The molecule has 2 unspecified atom stereocenters. The zero-order valence-corrected chi connectivity index (χ0v) is 23.4. The molecule has 6 rings (SSSR count). The molecule has 0 bridgehead atoms. The molecule has 2 atom stereocenters. The van der Waals surface area contributed by atoms with Crippen LogP contribution in [0, 0.1) is 5.92 Å². The van der Waals surface area contributed by atoms with Crippen molar-refractivity contribution in [3.05, 3.63) is 175 Å². The van der Waals surface area contributed by atoms with Crippen LogP contribution in [0.3, 0.4) is 0 Å². The molecule has 3 N–H and O–H groups in total. The fraction of sp³-hybridized carbons (Fsp3) is 0.132. The third-order valence-corrected chi connectivity index (χ3v) is 7.39. The first kappa shape index (κ1) is 27.8. The Morgan fingerprint density at radius 2 is 1.37 bits per heavy atom. The van der Waals surface area contributed by atoms with E-state index in [1.54, 1.807) is 0 Å². The summed E-state index contributed by atoms with van der Waals surface area (Å²) in [7, 11) is 0. The zero-order chi connectivity index (χ0) is 28.3. The van der Waals surface area contributed by atoms with Crippen LogP contribution in [0.4, 0.5) is 0 Å². The van der Waals surface area contributed by atoms with Crippen LogP contribution in [0.1, 0.15) is 17.5 Å². The largest absolute Gasteiger partial charge is 0.384 e. The second-order valence-electron chi connectivity index (χ2n) is 10.4. The summed E-state index contributed by atoms with van der Waals surface area (Å²) in [6.07, 6.45) is 12.2. The first-order chi connectivity index (χ1) is 20.1. The summed E-state index contributed by atoms with van der Waals surface area (Å²) in [4.78, 5) is 4.71. The van der Waals surface area contributed by atoms with Gasteiger partial charge < -0.3 is 5.73 Å². The molecule has 3 heteroatoms. The Kier molecular flexibility index (Phi) is 9.20. The molecule has 204 valence electrons. The fourth-order valence-electron chi connectivity index (χ4n) is 5.17. The van der Waals surface area contributed by atoms with Gasteiger partial charge in [-0.05, 0) is 46.7 Å². The molecule has 4 aromatic carbocycles. The molecule has 3 nitrogen and oxygen atoms in total. The van der Waals surface area contributed by atoms with Crippen LogP contribution in [0.5, 0.6) is 0 Å². The average Bonchev–Trinajstić information content (AvgIpc) is 3.75. The van der Waals surface area contributed by atoms with Gasteiger partial charge in [0.1, 0.15) is 11.5 Å². The van der Waals surface area contributed by atoms with E-state index in [4.69, 9.17) is 10.7 Å². The maximum atomic E-state index is 6.12. The van der Waals surface area contributed by atoms with Gasteiger partial charge in [0.15, 0.2) is 0 Å². The number of nitrogens with zero attached hydrogens (tertiary/aromatic N) is 1. The van der Waals surface area contributed by atoms with Crippen molar-refractivity contribution in [2.75, 3.05) is 6.54 Å². The van der Waals surface area contributed by atoms with Gasteiger partial charge in [-0.2, -0.15) is 0 Å². The highest BCUT2D eigenvalue weighted by Gasteiger charge is 2.57. The summed E-state index contributed by atoms with van der Waals surface area (Å²) in [6.45, 7) is 4.87. The van der Waals surface area contributed by atoms with Gasteiger partial charge in [-0.25, -0.2) is 4.99 Å². The molecule has 0 aromatic heterocycles. The highest BCUT2D eigenvalue weighted by atomic mass is 15.2. The number of nitrogens with two attached hydrogens (primary N) is 1. The minimum absolute atomic E-state index is 0.218. The highest BCUT2D eigenvalue weighted by Crippen LogP contribution is 2.52. The Bertz CT molecular complexity index is 1500. The van der Waals surface area contributed by atoms with Crippen LogP contribution < -0.4 is 11.1 Å². The Labute approximate surface area is 244 Å². The van der Waals surface area contributed by atoms with E-state index in [1.165, 1.54) is 22.3 Å². The Morgan fingerprint density at radius 1 is 0.805 bits per heavy atom. The standard InChI is InChI=1S/C26H27N3.C12H10/c1-20(22-14-8-3-9-15-22)11-5-4-10-16-28-26-19-24(26)23(18-25(27)29-26)17-21-12-6-2-7-13-21;1-3-7-11(8-4-1)12-9-5-2-6-10-12/h2-15,18,24,28H,1,16-17,19H2,(H2,27,29);1-10H/b10-4-,11-5-;. The van der Waals surface area contributed by atoms with Gasteiger partial charge in [0.25, 0.3) is 0 Å². The second kappa shape index (κ2) is 13.6. The molecule has 1 aliphatic carbocycles. The fourth-order valence-corrected chi connectivity index (χ4v) is 5.17. The van der Waals surface area contributed by atoms with Crippen molar-refractivity contribution in [3.63, 3.8) is 0 Å². The van der Waals surface area contributed by atoms with Gasteiger partial charge in [0, 0.05) is 12.5 Å². The number of fused-ring (bicyclic) bond motifs is 1. The lowest BCUT2D eigenvalue weighted by Crippen LogP contribution is -2.36. The van der Waals surface area contributed by atoms with Crippen molar-refractivity contribution in [2.45, 2.75) is 18.5 Å². The molecular formula is C38H37N3. The number of aliphatic imine (C=N–C) groups is 1. The van der Waals surface area contributed by atoms with Gasteiger partial charge in [-0.1, -0.05) is 158 Å². The number of rotatable bonds is 9. The van der Waals surface area contributed by atoms with Crippen molar-refractivity contribution in [1.29, 1.82) is 0 Å². The van der Waals surface area contributed by atoms with Gasteiger partial charge >= 0.3 is 0 Å². The van der Waals surface area contributed by atoms with Crippen molar-refractivity contribution >= 4 is 11.4 Å². The molecule has 2 aliphatic rings. The third-order valence-electron chi connectivity index (χ3n) is 7.39. The summed E-state index contributed by atoms with van der Waals surface area (Å²) < 4.78 is 0. The Hall–Kier alpha value is -4.73. The van der Waals surface area contributed by atoms with E-state index in [-0.39, 0.29) is 5.66 Å². The first-order valence-electron chi connectivity index (χ1n) is 14.2. The van der Waals surface area contributed by atoms with E-state index in [9.17, 15) is 0 Å². The highest BCUT2D eigenvalue weighted by molar-refractivity contribution is 5.94. The number of hydrogen-bond donors (Lipinski definition) is 2. The van der Waals surface area contributed by atoms with Gasteiger partial charge in [0.05, 0.1) is 0 Å². The van der Waals surface area contributed by atoms with E-state index < -0.39 is 0 Å². The van der Waals surface area contributed by atoms with Crippen LogP contribution in [0.15, 0.2) is 169 Å². The molecule has 1 aliphatic heterocycles. The summed E-state index contributed by atoms with van der Waals surface area (Å²) in [5, 5.41) is 3.59. The first-order valence-corrected chi connectivity index (χ1v) is 14.2. The summed E-state index contributed by atoms with van der Waals surface area (Å²) in [6, 6.07) is 41.5. The lowest BCUT2D eigenvalue weighted by atomic mass is 9.98. The predicted octanol–water partition coefficient (Wildman–Crippen LogP) is 8.01. The SMILES string of the molecule is C=C(/C=C\C=C/CNC12CC1C(Cc1ccccc1)=CC(N)=N2)c1ccccc1.c1ccc(-c2ccccc2)cc1. The number of hydrogen-bond acceptors (Lipinski definition) is 3. The van der Waals surface area contributed by atoms with Gasteiger partial charge in [-0.3, -0.25) is 5.32 Å². The second-order valence-corrected chi connectivity index (χ2v) is 10.4. The van der Waals surface area contributed by atoms with Crippen molar-refractivity contribution < 1.29 is 0 Å². The molecule has 1 saturated carbocycles. The topological polar surface area (TPSA) is 50.4 Å². The number of nitrogens with one attached hydrogen (secondary N) is 1. The smallest absolute Gasteiger partial charge is 0.120 e. The minimum atomic E-state index is -0.218. The number of allylic oxidation sites excluding steroid dienone is 4. The third kappa shape index (κ3) is 7.69. The molecule has 0 spiro atoms. The molecule has 41 heavy (non-hydrogen) atoms. The quantitative estimate of drug-likeness (QED) is 0.213. The van der Waals surface area contributed by atoms with Gasteiger partial charge in [-0.15, -0.1) is 0 Å². The normalized spacial score (nSPS) is 19.1. The van der Waals surface area contributed by atoms with Crippen LogP contribution in [0.2, 0.25) is 0 Å².